The van der Waals surface area contributed by atoms with Crippen LogP contribution in [0.15, 0.2) is 42.0 Å². The van der Waals surface area contributed by atoms with Gasteiger partial charge >= 0.3 is 133 Å². The molecule has 1 aromatic rings. The van der Waals surface area contributed by atoms with Gasteiger partial charge in [-0.3, -0.25) is 0 Å². The second-order valence-corrected chi connectivity index (χ2v) is 9.06. The van der Waals surface area contributed by atoms with Crippen molar-refractivity contribution >= 4 is 28.7 Å². The fraction of sp³-hybridized carbons (Fsp3) is 0.0769. The summed E-state index contributed by atoms with van der Waals surface area (Å²) in [4.78, 5) is 11.3. The maximum absolute atomic E-state index is 11.3. The number of halogens is 1. The average molecular weight is 392 g/mol. The van der Waals surface area contributed by atoms with E-state index in [0.29, 0.717) is 10.0 Å². The average Bonchev–Trinajstić information content (AvgIpc) is 2.40. The number of hydrogen-bond acceptors (Lipinski definition) is 6. The van der Waals surface area contributed by atoms with E-state index in [-0.39, 0.29) is 10.1 Å². The SMILES string of the molecule is Cc1ccc(C2=CC=C(C(N)=O)C(N)=[Se]2O[Cl+3]([O-])([O-])[O-])cc1. The summed E-state index contributed by atoms with van der Waals surface area (Å²) in [5.41, 5.74) is 12.6. The summed E-state index contributed by atoms with van der Waals surface area (Å²) in [6, 6.07) is 7.16. The van der Waals surface area contributed by atoms with Crippen molar-refractivity contribution in [2.45, 2.75) is 6.92 Å². The molecule has 0 bridgehead atoms. The molecule has 1 unspecified atom stereocenters. The number of rotatable bonds is 4. The number of hydrogen-bond donors (Lipinski definition) is 2. The molecular weight excluding hydrogens is 379 g/mol. The van der Waals surface area contributed by atoms with E-state index < -0.39 is 29.9 Å². The molecule has 1 aliphatic heterocycles. The molecule has 22 heavy (non-hydrogen) atoms. The molecule has 0 saturated heterocycles. The summed E-state index contributed by atoms with van der Waals surface area (Å²) in [5.74, 6) is -0.811. The molecule has 0 saturated carbocycles. The van der Waals surface area contributed by atoms with E-state index >= 15 is 0 Å². The Balaban J connectivity index is 2.56. The van der Waals surface area contributed by atoms with Gasteiger partial charge in [0.2, 0.25) is 0 Å². The molecule has 1 atom stereocenters. The summed E-state index contributed by atoms with van der Waals surface area (Å²) >= 11 is -2.88. The Labute approximate surface area is 133 Å². The molecule has 4 N–H and O–H groups in total. The van der Waals surface area contributed by atoms with Gasteiger partial charge in [-0.25, -0.2) is 0 Å². The van der Waals surface area contributed by atoms with Crippen LogP contribution in [0.25, 0.3) is 4.47 Å². The summed E-state index contributed by atoms with van der Waals surface area (Å²) in [6.07, 6.45) is 2.90. The van der Waals surface area contributed by atoms with E-state index in [9.17, 15) is 18.8 Å². The molecule has 1 heterocycles. The van der Waals surface area contributed by atoms with Gasteiger partial charge in [0.15, 0.2) is 0 Å². The number of carbonyl (C=O) groups excluding carboxylic acids is 1. The predicted octanol–water partition coefficient (Wildman–Crippen LogP) is -3.08. The van der Waals surface area contributed by atoms with Gasteiger partial charge in [-0.1, -0.05) is 0 Å². The van der Waals surface area contributed by atoms with Gasteiger partial charge in [0, 0.05) is 0 Å². The third kappa shape index (κ3) is 3.89. The number of aryl methyl sites for hydroxylation is 1. The van der Waals surface area contributed by atoms with E-state index in [1.807, 2.05) is 19.1 Å². The maximum atomic E-state index is 11.3. The monoisotopic (exact) mass is 392 g/mol. The minimum absolute atomic E-state index is 0.0419. The van der Waals surface area contributed by atoms with Crippen molar-refractivity contribution < 1.29 is 32.4 Å². The number of allylic oxidation sites excluding steroid dienone is 2. The molecule has 1 amide bonds. The van der Waals surface area contributed by atoms with Gasteiger partial charge in [0.05, 0.1) is 0 Å². The third-order valence-corrected chi connectivity index (χ3v) is 7.77. The van der Waals surface area contributed by atoms with Crippen LogP contribution in [-0.4, -0.2) is 24.2 Å². The Hall–Kier alpha value is -1.35. The first-order valence-electron chi connectivity index (χ1n) is 5.96. The zero-order valence-electron chi connectivity index (χ0n) is 11.4. The van der Waals surface area contributed by atoms with Crippen LogP contribution in [0.4, 0.5) is 0 Å². The molecule has 1 aliphatic rings. The molecular formula is C13H13ClN2O5Se. The van der Waals surface area contributed by atoms with Crippen molar-refractivity contribution in [3.8, 4) is 0 Å². The quantitative estimate of drug-likeness (QED) is 0.520. The number of carbonyl (C=O) groups is 1. The van der Waals surface area contributed by atoms with E-state index in [2.05, 4.69) is 3.37 Å². The molecule has 118 valence electrons. The van der Waals surface area contributed by atoms with E-state index in [4.69, 9.17) is 11.5 Å². The Bertz CT molecular complexity index is 704. The van der Waals surface area contributed by atoms with Crippen LogP contribution < -0.4 is 25.4 Å². The molecule has 0 fully saturated rings. The van der Waals surface area contributed by atoms with Crippen molar-refractivity contribution in [3.63, 3.8) is 0 Å². The second kappa shape index (κ2) is 6.41. The number of benzene rings is 1. The van der Waals surface area contributed by atoms with Crippen LogP contribution in [0.3, 0.4) is 0 Å². The van der Waals surface area contributed by atoms with Crippen molar-refractivity contribution in [1.29, 1.82) is 0 Å². The Morgan fingerprint density at radius 2 is 1.77 bits per heavy atom. The fourth-order valence-corrected chi connectivity index (χ4v) is 6.31. The number of amides is 1. The van der Waals surface area contributed by atoms with E-state index in [1.165, 1.54) is 12.2 Å². The first-order valence-corrected chi connectivity index (χ1v) is 9.60. The Morgan fingerprint density at radius 1 is 1.18 bits per heavy atom. The summed E-state index contributed by atoms with van der Waals surface area (Å²) in [6.45, 7) is 1.90. The first-order chi connectivity index (χ1) is 10.2. The van der Waals surface area contributed by atoms with Crippen molar-refractivity contribution in [1.82, 2.24) is 0 Å². The van der Waals surface area contributed by atoms with Gasteiger partial charge < -0.3 is 0 Å². The summed E-state index contributed by atoms with van der Waals surface area (Å²) in [5, 5.41) is 0. The van der Waals surface area contributed by atoms with Crippen LogP contribution in [-0.2, 0) is 8.17 Å². The second-order valence-electron chi connectivity index (χ2n) is 4.42. The molecule has 9 heteroatoms. The molecule has 0 aromatic heterocycles. The van der Waals surface area contributed by atoms with Crippen molar-refractivity contribution in [2.75, 3.05) is 0 Å². The van der Waals surface area contributed by atoms with Crippen molar-refractivity contribution in [2.24, 2.45) is 11.5 Å². The standard InChI is InChI=1S/C13H13ClN2O5Se/c1-8-2-4-9(5-3-8)11-7-6-10(12(15)17)13(16)22(11)21-14(18,19)20/h2-7H,16H2,1H3,(H2,15,17). The normalized spacial score (nSPS) is 18.8. The topological polar surface area (TPSA) is 148 Å². The molecule has 0 spiro atoms. The van der Waals surface area contributed by atoms with Crippen LogP contribution >= 0.6 is 0 Å². The van der Waals surface area contributed by atoms with Gasteiger partial charge in [-0.05, 0) is 0 Å². The third-order valence-electron chi connectivity index (χ3n) is 2.81. The van der Waals surface area contributed by atoms with E-state index in [1.54, 1.807) is 12.1 Å². The van der Waals surface area contributed by atoms with Gasteiger partial charge in [0.25, 0.3) is 0 Å². The Morgan fingerprint density at radius 3 is 2.27 bits per heavy atom. The molecule has 0 radical (unpaired) electrons. The summed E-state index contributed by atoms with van der Waals surface area (Å²) in [7, 11) is -4.68. The van der Waals surface area contributed by atoms with Gasteiger partial charge in [-0.15, -0.1) is 0 Å². The molecule has 1 aromatic carbocycles. The fourth-order valence-electron chi connectivity index (χ4n) is 1.79. The Kier molecular flexibility index (Phi) is 4.96. The molecule has 7 nitrogen and oxygen atoms in total. The van der Waals surface area contributed by atoms with Crippen molar-refractivity contribution in [3.05, 3.63) is 53.1 Å². The van der Waals surface area contributed by atoms with Crippen LogP contribution in [0.2, 0.25) is 0 Å². The predicted molar refractivity (Wildman–Crippen MR) is 72.5 cm³/mol. The van der Waals surface area contributed by atoms with E-state index in [0.717, 1.165) is 5.56 Å². The van der Waals surface area contributed by atoms with Crippen LogP contribution in [0.1, 0.15) is 11.1 Å². The molecule has 2 rings (SSSR count). The molecule has 0 aliphatic carbocycles. The first kappa shape index (κ1) is 17.0. The number of primary amides is 1. The van der Waals surface area contributed by atoms with Gasteiger partial charge in [0.1, 0.15) is 0 Å². The zero-order chi connectivity index (χ0) is 16.5. The van der Waals surface area contributed by atoms with Crippen LogP contribution in [0, 0.1) is 17.2 Å². The summed E-state index contributed by atoms with van der Waals surface area (Å²) < 4.78 is 37.8. The van der Waals surface area contributed by atoms with Gasteiger partial charge in [-0.2, -0.15) is 0 Å². The van der Waals surface area contributed by atoms with Crippen LogP contribution in [0.5, 0.6) is 0 Å². The zero-order valence-corrected chi connectivity index (χ0v) is 13.9. The minimum atomic E-state index is -4.68. The number of nitrogens with two attached hydrogens (primary N) is 2.